The minimum Gasteiger partial charge on any atom is -0.488 e. The molecule has 0 bridgehead atoms. The van der Waals surface area contributed by atoms with Crippen LogP contribution < -0.4 is 4.74 Å². The van der Waals surface area contributed by atoms with Crippen LogP contribution in [0.4, 0.5) is 0 Å². The maximum Gasteiger partial charge on any atom is 0.328 e. The zero-order valence-electron chi connectivity index (χ0n) is 12.6. The van der Waals surface area contributed by atoms with E-state index in [0.29, 0.717) is 18.5 Å². The normalized spacial score (nSPS) is 20.5. The average Bonchev–Trinajstić information content (AvgIpc) is 2.60. The fraction of sp³-hybridized carbons (Fsp3) is 0.412. The number of piperidine rings is 1. The van der Waals surface area contributed by atoms with E-state index in [9.17, 15) is 9.59 Å². The van der Waals surface area contributed by atoms with Crippen molar-refractivity contribution in [1.82, 2.24) is 4.90 Å². The fourth-order valence-corrected chi connectivity index (χ4v) is 2.98. The van der Waals surface area contributed by atoms with E-state index < -0.39 is 6.04 Å². The molecule has 1 aromatic rings. The minimum atomic E-state index is -0.482. The summed E-state index contributed by atoms with van der Waals surface area (Å²) in [4.78, 5) is 26.3. The number of hydrogen-bond donors (Lipinski definition) is 0. The third-order valence-corrected chi connectivity index (χ3v) is 4.14. The molecular weight excluding hydrogens is 282 g/mol. The number of carbonyl (C=O) groups is 2. The molecule has 0 aromatic heterocycles. The number of benzene rings is 1. The molecule has 2 aliphatic rings. The maximum atomic E-state index is 12.8. The molecule has 0 radical (unpaired) electrons. The summed E-state index contributed by atoms with van der Waals surface area (Å²) < 4.78 is 10.5. The van der Waals surface area contributed by atoms with E-state index in [1.54, 1.807) is 4.90 Å². The lowest BCUT2D eigenvalue weighted by Gasteiger charge is -2.34. The zero-order valence-corrected chi connectivity index (χ0v) is 12.6. The summed E-state index contributed by atoms with van der Waals surface area (Å²) in [6, 6.07) is 7.12. The largest absolute Gasteiger partial charge is 0.488 e. The van der Waals surface area contributed by atoms with Gasteiger partial charge in [-0.05, 0) is 31.4 Å². The number of para-hydroxylation sites is 1. The number of fused-ring (bicyclic) bond motifs is 1. The monoisotopic (exact) mass is 301 g/mol. The van der Waals surface area contributed by atoms with E-state index in [1.165, 1.54) is 7.11 Å². The van der Waals surface area contributed by atoms with Gasteiger partial charge in [0.25, 0.3) is 5.91 Å². The van der Waals surface area contributed by atoms with Crippen molar-refractivity contribution in [2.24, 2.45) is 0 Å². The van der Waals surface area contributed by atoms with Crippen LogP contribution in [-0.4, -0.2) is 43.1 Å². The Morgan fingerprint density at radius 3 is 2.91 bits per heavy atom. The number of amides is 1. The summed E-state index contributed by atoms with van der Waals surface area (Å²) in [6.07, 6.45) is 4.35. The van der Waals surface area contributed by atoms with Crippen molar-refractivity contribution in [3.05, 3.63) is 35.4 Å². The van der Waals surface area contributed by atoms with Crippen LogP contribution in [0.1, 0.15) is 24.8 Å². The first kappa shape index (κ1) is 14.6. The number of esters is 1. The first-order valence-electron chi connectivity index (χ1n) is 7.52. The average molecular weight is 301 g/mol. The summed E-state index contributed by atoms with van der Waals surface area (Å²) in [6.45, 7) is 0.817. The summed E-state index contributed by atoms with van der Waals surface area (Å²) in [7, 11) is 1.36. The lowest BCUT2D eigenvalue weighted by molar-refractivity contribution is -0.153. The summed E-state index contributed by atoms with van der Waals surface area (Å²) in [5.41, 5.74) is 1.47. The van der Waals surface area contributed by atoms with E-state index in [-0.39, 0.29) is 18.5 Å². The van der Waals surface area contributed by atoms with Gasteiger partial charge in [-0.3, -0.25) is 4.79 Å². The molecule has 5 nitrogen and oxygen atoms in total. The van der Waals surface area contributed by atoms with E-state index in [0.717, 1.165) is 24.2 Å². The summed E-state index contributed by atoms with van der Waals surface area (Å²) in [5, 5.41) is 0. The van der Waals surface area contributed by atoms with Crippen LogP contribution >= 0.6 is 0 Å². The highest BCUT2D eigenvalue weighted by atomic mass is 16.5. The molecule has 116 valence electrons. The predicted octanol–water partition coefficient (Wildman–Crippen LogP) is 2.02. The van der Waals surface area contributed by atoms with Crippen LogP contribution in [0.25, 0.3) is 6.08 Å². The maximum absolute atomic E-state index is 12.8. The van der Waals surface area contributed by atoms with Crippen molar-refractivity contribution in [2.75, 3.05) is 20.3 Å². The number of likely N-dealkylation sites (tertiary alicyclic amines) is 1. The topological polar surface area (TPSA) is 55.8 Å². The number of nitrogens with zero attached hydrogens (tertiary/aromatic N) is 1. The molecule has 2 heterocycles. The lowest BCUT2D eigenvalue weighted by Crippen LogP contribution is -2.49. The lowest BCUT2D eigenvalue weighted by atomic mass is 9.99. The van der Waals surface area contributed by atoms with Gasteiger partial charge in [-0.2, -0.15) is 0 Å². The Morgan fingerprint density at radius 2 is 2.09 bits per heavy atom. The molecule has 1 atom stereocenters. The van der Waals surface area contributed by atoms with Gasteiger partial charge in [0.15, 0.2) is 0 Å². The molecule has 3 rings (SSSR count). The molecular formula is C17H19NO4. The second-order valence-corrected chi connectivity index (χ2v) is 5.53. The van der Waals surface area contributed by atoms with Crippen LogP contribution in [0.3, 0.4) is 0 Å². The number of hydrogen-bond acceptors (Lipinski definition) is 4. The van der Waals surface area contributed by atoms with Crippen molar-refractivity contribution in [3.63, 3.8) is 0 Å². The Balaban J connectivity index is 1.84. The Morgan fingerprint density at radius 1 is 1.27 bits per heavy atom. The van der Waals surface area contributed by atoms with Gasteiger partial charge in [0.05, 0.1) is 12.7 Å². The van der Waals surface area contributed by atoms with Gasteiger partial charge in [-0.1, -0.05) is 18.2 Å². The number of carbonyl (C=O) groups excluding carboxylic acids is 2. The smallest absolute Gasteiger partial charge is 0.328 e. The fourth-order valence-electron chi connectivity index (χ4n) is 2.98. The highest BCUT2D eigenvalue weighted by Crippen LogP contribution is 2.28. The van der Waals surface area contributed by atoms with Gasteiger partial charge in [-0.15, -0.1) is 0 Å². The standard InChI is InChI=1S/C17H19NO4/c1-21-17(20)14-7-4-5-9-18(14)16(19)13-10-12-6-2-3-8-15(12)22-11-13/h2-3,6,8,10,14H,4-5,7,9,11H2,1H3. The van der Waals surface area contributed by atoms with E-state index in [4.69, 9.17) is 9.47 Å². The number of ether oxygens (including phenoxy) is 2. The molecule has 0 spiro atoms. The Kier molecular flexibility index (Phi) is 4.13. The molecule has 0 N–H and O–H groups in total. The van der Waals surface area contributed by atoms with Gasteiger partial charge in [0, 0.05) is 12.1 Å². The van der Waals surface area contributed by atoms with Crippen LogP contribution in [0, 0.1) is 0 Å². The second-order valence-electron chi connectivity index (χ2n) is 5.53. The van der Waals surface area contributed by atoms with Crippen molar-refractivity contribution in [1.29, 1.82) is 0 Å². The van der Waals surface area contributed by atoms with Crippen LogP contribution in [0.2, 0.25) is 0 Å². The van der Waals surface area contributed by atoms with Crippen LogP contribution in [0.15, 0.2) is 29.8 Å². The molecule has 0 aliphatic carbocycles. The van der Waals surface area contributed by atoms with Gasteiger partial charge in [0.2, 0.25) is 0 Å². The Hall–Kier alpha value is -2.30. The van der Waals surface area contributed by atoms with Crippen molar-refractivity contribution in [2.45, 2.75) is 25.3 Å². The molecule has 22 heavy (non-hydrogen) atoms. The molecule has 0 saturated carbocycles. The predicted molar refractivity (Wildman–Crippen MR) is 81.3 cm³/mol. The third kappa shape index (κ3) is 2.71. The SMILES string of the molecule is COC(=O)C1CCCCN1C(=O)C1=Cc2ccccc2OC1. The highest BCUT2D eigenvalue weighted by molar-refractivity contribution is 6.01. The Labute approximate surface area is 129 Å². The first-order valence-corrected chi connectivity index (χ1v) is 7.52. The van der Waals surface area contributed by atoms with Gasteiger partial charge in [-0.25, -0.2) is 4.79 Å². The van der Waals surface area contributed by atoms with E-state index in [1.807, 2.05) is 30.3 Å². The third-order valence-electron chi connectivity index (χ3n) is 4.14. The summed E-state index contributed by atoms with van der Waals surface area (Å²) in [5.74, 6) is 0.303. The van der Waals surface area contributed by atoms with Crippen molar-refractivity contribution >= 4 is 18.0 Å². The summed E-state index contributed by atoms with van der Waals surface area (Å²) >= 11 is 0. The molecule has 1 amide bonds. The molecule has 5 heteroatoms. The molecule has 1 unspecified atom stereocenters. The van der Waals surface area contributed by atoms with Crippen LogP contribution in [0.5, 0.6) is 5.75 Å². The van der Waals surface area contributed by atoms with E-state index in [2.05, 4.69) is 0 Å². The molecule has 1 aromatic carbocycles. The molecule has 1 fully saturated rings. The van der Waals surface area contributed by atoms with Gasteiger partial charge < -0.3 is 14.4 Å². The Bertz CT molecular complexity index is 623. The number of methoxy groups -OCH3 is 1. The number of rotatable bonds is 2. The molecule has 2 aliphatic heterocycles. The van der Waals surface area contributed by atoms with Crippen molar-refractivity contribution < 1.29 is 19.1 Å². The quantitative estimate of drug-likeness (QED) is 0.784. The highest BCUT2D eigenvalue weighted by Gasteiger charge is 2.34. The molecule has 1 saturated heterocycles. The van der Waals surface area contributed by atoms with E-state index >= 15 is 0 Å². The van der Waals surface area contributed by atoms with Gasteiger partial charge in [0.1, 0.15) is 18.4 Å². The first-order chi connectivity index (χ1) is 10.7. The second kappa shape index (κ2) is 6.22. The van der Waals surface area contributed by atoms with Crippen molar-refractivity contribution in [3.8, 4) is 5.75 Å². The zero-order chi connectivity index (χ0) is 15.5. The van der Waals surface area contributed by atoms with Crippen LogP contribution in [-0.2, 0) is 14.3 Å². The minimum absolute atomic E-state index is 0.135. The van der Waals surface area contributed by atoms with Gasteiger partial charge >= 0.3 is 5.97 Å².